The average Bonchev–Trinajstić information content (AvgIpc) is 2.47. The molecule has 0 atom stereocenters. The number of hydrogen-bond donors (Lipinski definition) is 2. The number of fused-ring (bicyclic) bond motifs is 1. The molecule has 0 bridgehead atoms. The van der Waals surface area contributed by atoms with Gasteiger partial charge in [0.1, 0.15) is 12.1 Å². The highest BCUT2D eigenvalue weighted by Gasteiger charge is 2.07. The van der Waals surface area contributed by atoms with Gasteiger partial charge in [-0.05, 0) is 30.3 Å². The van der Waals surface area contributed by atoms with Crippen LogP contribution in [-0.2, 0) is 0 Å². The lowest BCUT2D eigenvalue weighted by molar-refractivity contribution is 0.386. The van der Waals surface area contributed by atoms with Crippen LogP contribution in [0.1, 0.15) is 0 Å². The molecular formula is C15H13FN4O. The predicted molar refractivity (Wildman–Crippen MR) is 80.2 cm³/mol. The molecule has 0 aliphatic heterocycles. The second-order valence-electron chi connectivity index (χ2n) is 4.47. The Balaban J connectivity index is 2.00. The Hall–Kier alpha value is -2.89. The normalized spacial score (nSPS) is 10.6. The van der Waals surface area contributed by atoms with Crippen molar-refractivity contribution in [3.05, 3.63) is 48.5 Å². The number of nitrogens with two attached hydrogens (primary N) is 1. The number of benzene rings is 2. The van der Waals surface area contributed by atoms with Crippen LogP contribution in [0.2, 0.25) is 0 Å². The Morgan fingerprint density at radius 3 is 2.76 bits per heavy atom. The fourth-order valence-corrected chi connectivity index (χ4v) is 2.05. The van der Waals surface area contributed by atoms with Crippen LogP contribution < -0.4 is 15.8 Å². The minimum Gasteiger partial charge on any atom is -0.494 e. The van der Waals surface area contributed by atoms with Crippen molar-refractivity contribution in [2.75, 3.05) is 18.2 Å². The zero-order valence-corrected chi connectivity index (χ0v) is 11.3. The van der Waals surface area contributed by atoms with Gasteiger partial charge in [0.25, 0.3) is 0 Å². The molecular weight excluding hydrogens is 271 g/mol. The molecule has 2 aromatic carbocycles. The topological polar surface area (TPSA) is 73.1 Å². The summed E-state index contributed by atoms with van der Waals surface area (Å²) in [5, 5.41) is 3.88. The van der Waals surface area contributed by atoms with Gasteiger partial charge in [-0.25, -0.2) is 14.4 Å². The van der Waals surface area contributed by atoms with E-state index < -0.39 is 5.82 Å². The van der Waals surface area contributed by atoms with Crippen LogP contribution >= 0.6 is 0 Å². The molecule has 0 amide bonds. The smallest absolute Gasteiger partial charge is 0.167 e. The van der Waals surface area contributed by atoms with Crippen LogP contribution in [0.15, 0.2) is 42.7 Å². The fourth-order valence-electron chi connectivity index (χ4n) is 2.05. The molecule has 0 radical (unpaired) electrons. The predicted octanol–water partition coefficient (Wildman–Crippen LogP) is 3.10. The Morgan fingerprint density at radius 2 is 2.00 bits per heavy atom. The first-order valence-corrected chi connectivity index (χ1v) is 6.28. The Kier molecular flexibility index (Phi) is 3.27. The van der Waals surface area contributed by atoms with E-state index in [4.69, 9.17) is 10.5 Å². The summed E-state index contributed by atoms with van der Waals surface area (Å²) in [4.78, 5) is 8.35. The van der Waals surface area contributed by atoms with Gasteiger partial charge in [-0.15, -0.1) is 0 Å². The quantitative estimate of drug-likeness (QED) is 0.723. The molecule has 6 heteroatoms. The monoisotopic (exact) mass is 284 g/mol. The number of hydrogen-bond acceptors (Lipinski definition) is 5. The molecule has 1 aromatic heterocycles. The Labute approximate surface area is 120 Å². The van der Waals surface area contributed by atoms with Crippen molar-refractivity contribution in [1.82, 2.24) is 9.97 Å². The molecule has 0 aliphatic carbocycles. The number of aromatic nitrogens is 2. The first-order valence-electron chi connectivity index (χ1n) is 6.28. The van der Waals surface area contributed by atoms with Crippen molar-refractivity contribution in [1.29, 1.82) is 0 Å². The molecule has 3 aromatic rings. The maximum Gasteiger partial charge on any atom is 0.167 e. The van der Waals surface area contributed by atoms with E-state index in [9.17, 15) is 4.39 Å². The zero-order valence-electron chi connectivity index (χ0n) is 11.3. The van der Waals surface area contributed by atoms with Crippen LogP contribution in [0.25, 0.3) is 10.9 Å². The summed E-state index contributed by atoms with van der Waals surface area (Å²) in [7, 11) is 1.42. The SMILES string of the molecule is COc1ccc(Nc2ncnc3cc(N)ccc23)cc1F. The number of nitrogen functional groups attached to an aromatic ring is 1. The molecule has 0 fully saturated rings. The zero-order chi connectivity index (χ0) is 14.8. The number of methoxy groups -OCH3 is 1. The van der Waals surface area contributed by atoms with Crippen molar-refractivity contribution in [2.24, 2.45) is 0 Å². The molecule has 0 unspecified atom stereocenters. The summed E-state index contributed by atoms with van der Waals surface area (Å²) in [6.45, 7) is 0. The summed E-state index contributed by atoms with van der Waals surface area (Å²) < 4.78 is 18.6. The molecule has 0 spiro atoms. The van der Waals surface area contributed by atoms with Gasteiger partial charge in [0, 0.05) is 22.8 Å². The van der Waals surface area contributed by atoms with Gasteiger partial charge in [0.15, 0.2) is 11.6 Å². The van der Waals surface area contributed by atoms with E-state index in [1.165, 1.54) is 19.5 Å². The van der Waals surface area contributed by atoms with Gasteiger partial charge >= 0.3 is 0 Å². The molecule has 3 N–H and O–H groups in total. The molecule has 3 rings (SSSR count). The van der Waals surface area contributed by atoms with Crippen molar-refractivity contribution in [3.8, 4) is 5.75 Å². The third-order valence-electron chi connectivity index (χ3n) is 3.08. The van der Waals surface area contributed by atoms with Crippen LogP contribution in [0.3, 0.4) is 0 Å². The molecule has 0 saturated carbocycles. The largest absolute Gasteiger partial charge is 0.494 e. The van der Waals surface area contributed by atoms with E-state index >= 15 is 0 Å². The standard InChI is InChI=1S/C15H13FN4O/c1-21-14-5-3-10(7-12(14)16)20-15-11-4-2-9(17)6-13(11)18-8-19-15/h2-8H,17H2,1H3,(H,18,19,20). The van der Waals surface area contributed by atoms with Crippen molar-refractivity contribution >= 4 is 28.1 Å². The summed E-state index contributed by atoms with van der Waals surface area (Å²) in [5.41, 5.74) is 7.66. The van der Waals surface area contributed by atoms with Crippen LogP contribution in [0.4, 0.5) is 21.6 Å². The van der Waals surface area contributed by atoms with Gasteiger partial charge in [0.05, 0.1) is 12.6 Å². The first kappa shape index (κ1) is 13.1. The number of anilines is 3. The fraction of sp³-hybridized carbons (Fsp3) is 0.0667. The van der Waals surface area contributed by atoms with Crippen LogP contribution in [0.5, 0.6) is 5.75 Å². The summed E-state index contributed by atoms with van der Waals surface area (Å²) in [6.07, 6.45) is 1.43. The van der Waals surface area contributed by atoms with Gasteiger partial charge in [-0.3, -0.25) is 0 Å². The van der Waals surface area contributed by atoms with E-state index in [0.717, 1.165) is 10.9 Å². The van der Waals surface area contributed by atoms with Gasteiger partial charge < -0.3 is 15.8 Å². The Bertz CT molecular complexity index is 807. The van der Waals surface area contributed by atoms with Crippen LogP contribution in [-0.4, -0.2) is 17.1 Å². The minimum absolute atomic E-state index is 0.195. The average molecular weight is 284 g/mol. The first-order chi connectivity index (χ1) is 10.2. The Morgan fingerprint density at radius 1 is 1.14 bits per heavy atom. The maximum absolute atomic E-state index is 13.7. The third kappa shape index (κ3) is 2.55. The maximum atomic E-state index is 13.7. The van der Waals surface area contributed by atoms with E-state index in [0.29, 0.717) is 17.2 Å². The van der Waals surface area contributed by atoms with Gasteiger partial charge in [0.2, 0.25) is 0 Å². The molecule has 106 valence electrons. The minimum atomic E-state index is -0.440. The van der Waals surface area contributed by atoms with E-state index in [2.05, 4.69) is 15.3 Å². The third-order valence-corrected chi connectivity index (χ3v) is 3.08. The highest BCUT2D eigenvalue weighted by Crippen LogP contribution is 2.26. The summed E-state index contributed by atoms with van der Waals surface area (Å²) in [6, 6.07) is 9.98. The number of nitrogens with zero attached hydrogens (tertiary/aromatic N) is 2. The number of rotatable bonds is 3. The molecule has 21 heavy (non-hydrogen) atoms. The van der Waals surface area contributed by atoms with E-state index in [1.54, 1.807) is 24.3 Å². The lowest BCUT2D eigenvalue weighted by atomic mass is 10.2. The highest BCUT2D eigenvalue weighted by atomic mass is 19.1. The number of ether oxygens (including phenoxy) is 1. The van der Waals surface area contributed by atoms with Gasteiger partial charge in [-0.1, -0.05) is 0 Å². The second-order valence-corrected chi connectivity index (χ2v) is 4.47. The molecule has 1 heterocycles. The second kappa shape index (κ2) is 5.24. The van der Waals surface area contributed by atoms with E-state index in [1.807, 2.05) is 6.07 Å². The molecule has 0 aliphatic rings. The van der Waals surface area contributed by atoms with Crippen molar-refractivity contribution in [3.63, 3.8) is 0 Å². The summed E-state index contributed by atoms with van der Waals surface area (Å²) in [5.74, 6) is 0.343. The molecule has 0 saturated heterocycles. The van der Waals surface area contributed by atoms with E-state index in [-0.39, 0.29) is 5.75 Å². The van der Waals surface area contributed by atoms with Crippen molar-refractivity contribution < 1.29 is 9.13 Å². The lowest BCUT2D eigenvalue weighted by Crippen LogP contribution is -1.98. The number of nitrogens with one attached hydrogen (secondary N) is 1. The highest BCUT2D eigenvalue weighted by molar-refractivity contribution is 5.92. The van der Waals surface area contributed by atoms with Crippen molar-refractivity contribution in [2.45, 2.75) is 0 Å². The lowest BCUT2D eigenvalue weighted by Gasteiger charge is -2.10. The summed E-state index contributed by atoms with van der Waals surface area (Å²) >= 11 is 0. The molecule has 5 nitrogen and oxygen atoms in total. The number of halogens is 1. The van der Waals surface area contributed by atoms with Gasteiger partial charge in [-0.2, -0.15) is 0 Å². The van der Waals surface area contributed by atoms with Crippen LogP contribution in [0, 0.1) is 5.82 Å².